The molecule has 1 aromatic carbocycles. The number of aliphatic hydroxyl groups excluding tert-OH is 1. The molecular weight excluding hydrogens is 359 g/mol. The van der Waals surface area contributed by atoms with Gasteiger partial charge in [0.05, 0.1) is 0 Å². The van der Waals surface area contributed by atoms with Crippen LogP contribution in [0.4, 0.5) is 0 Å². The summed E-state index contributed by atoms with van der Waals surface area (Å²) in [4.78, 5) is 4.78. The Balaban J connectivity index is 0.00000288. The van der Waals surface area contributed by atoms with Crippen LogP contribution >= 0.6 is 0 Å². The summed E-state index contributed by atoms with van der Waals surface area (Å²) in [6, 6.07) is 6.32. The van der Waals surface area contributed by atoms with Crippen LogP contribution in [0.15, 0.2) is 18.2 Å². The molecule has 2 rings (SSSR count). The molecule has 146 valence electrons. The normalized spacial score (nSPS) is 16.9. The highest BCUT2D eigenvalue weighted by atomic mass is 35.5. The average molecular weight is 391 g/mol. The molecule has 0 spiro atoms. The molecule has 1 aliphatic rings. The summed E-state index contributed by atoms with van der Waals surface area (Å²) in [5.41, 5.74) is 2.40. The third-order valence-corrected chi connectivity index (χ3v) is 4.60. The van der Waals surface area contributed by atoms with Gasteiger partial charge in [0.1, 0.15) is 18.5 Å². The topological polar surface area (TPSA) is 35.9 Å². The van der Waals surface area contributed by atoms with Crippen molar-refractivity contribution in [2.24, 2.45) is 0 Å². The van der Waals surface area contributed by atoms with Gasteiger partial charge in [-0.15, -0.1) is 0 Å². The third kappa shape index (κ3) is 7.71. The third-order valence-electron chi connectivity index (χ3n) is 4.60. The van der Waals surface area contributed by atoms with E-state index in [1.807, 2.05) is 0 Å². The summed E-state index contributed by atoms with van der Waals surface area (Å²) in [5, 5.41) is 10.3. The Labute approximate surface area is 165 Å². The first-order valence-corrected chi connectivity index (χ1v) is 8.85. The predicted octanol–water partition coefficient (Wildman–Crippen LogP) is -3.50. The minimum absolute atomic E-state index is 0. The van der Waals surface area contributed by atoms with Gasteiger partial charge in [-0.3, -0.25) is 4.90 Å². The van der Waals surface area contributed by atoms with Gasteiger partial charge in [0.2, 0.25) is 0 Å². The molecule has 25 heavy (non-hydrogen) atoms. The molecule has 0 aliphatic carbocycles. The Hall–Kier alpha value is -0.520. The predicted molar refractivity (Wildman–Crippen MR) is 95.3 cm³/mol. The maximum absolute atomic E-state index is 10.3. The maximum Gasteiger partial charge on any atom is 0.123 e. The van der Waals surface area contributed by atoms with E-state index in [2.05, 4.69) is 55.7 Å². The van der Waals surface area contributed by atoms with E-state index in [4.69, 9.17) is 4.74 Å². The number of likely N-dealkylation sites (N-methyl/N-ethyl adjacent to an activating group) is 1. The first-order chi connectivity index (χ1) is 11.0. The Morgan fingerprint density at radius 2 is 1.68 bits per heavy atom. The second-order valence-electron chi connectivity index (χ2n) is 6.90. The largest absolute Gasteiger partial charge is 1.00 e. The number of ether oxygens (including phenoxy) is 1. The van der Waals surface area contributed by atoms with Crippen molar-refractivity contribution in [3.05, 3.63) is 29.3 Å². The standard InChI is InChI=1S/C19H32N2O2.2ClH/c1-5-20-8-10-21(11-9-20)13-17(22)14-23-19-12-16(4)6-7-18(19)15(2)3;;/h6-7,12,15,17,22H,5,8-11,13-14H2,1-4H3;2*1H/p-2. The number of hydrogen-bond donors (Lipinski definition) is 1. The van der Waals surface area contributed by atoms with Crippen LogP contribution < -0.4 is 29.6 Å². The number of hydrogen-bond acceptors (Lipinski definition) is 4. The molecule has 6 heteroatoms. The van der Waals surface area contributed by atoms with E-state index in [0.717, 1.165) is 38.5 Å². The second-order valence-corrected chi connectivity index (χ2v) is 6.90. The van der Waals surface area contributed by atoms with Gasteiger partial charge in [0, 0.05) is 32.7 Å². The molecular formula is C19H32Cl2N2O2-2. The smallest absolute Gasteiger partial charge is 0.123 e. The van der Waals surface area contributed by atoms with Crippen LogP contribution in [0.1, 0.15) is 37.8 Å². The van der Waals surface area contributed by atoms with Crippen LogP contribution in [0.3, 0.4) is 0 Å². The van der Waals surface area contributed by atoms with E-state index in [1.54, 1.807) is 0 Å². The molecule has 0 bridgehead atoms. The maximum atomic E-state index is 10.3. The van der Waals surface area contributed by atoms with Gasteiger partial charge in [-0.1, -0.05) is 32.9 Å². The van der Waals surface area contributed by atoms with Crippen molar-refractivity contribution < 1.29 is 34.7 Å². The van der Waals surface area contributed by atoms with E-state index in [9.17, 15) is 5.11 Å². The van der Waals surface area contributed by atoms with Gasteiger partial charge in [0.25, 0.3) is 0 Å². The summed E-state index contributed by atoms with van der Waals surface area (Å²) in [5.74, 6) is 1.33. The zero-order valence-electron chi connectivity index (χ0n) is 15.8. The molecule has 1 N–H and O–H groups in total. The van der Waals surface area contributed by atoms with E-state index < -0.39 is 6.10 Å². The van der Waals surface area contributed by atoms with Crippen LogP contribution in [0.2, 0.25) is 0 Å². The molecule has 1 saturated heterocycles. The Bertz CT molecular complexity index is 492. The van der Waals surface area contributed by atoms with Gasteiger partial charge < -0.3 is 39.6 Å². The Morgan fingerprint density at radius 3 is 2.24 bits per heavy atom. The molecule has 1 atom stereocenters. The molecule has 0 saturated carbocycles. The van der Waals surface area contributed by atoms with Crippen molar-refractivity contribution in [1.29, 1.82) is 0 Å². The summed E-state index contributed by atoms with van der Waals surface area (Å²) in [6.45, 7) is 15.0. The fourth-order valence-electron chi connectivity index (χ4n) is 3.07. The van der Waals surface area contributed by atoms with Crippen LogP contribution in [-0.4, -0.2) is 66.9 Å². The van der Waals surface area contributed by atoms with Crippen LogP contribution in [0.25, 0.3) is 0 Å². The van der Waals surface area contributed by atoms with E-state index in [0.29, 0.717) is 19.1 Å². The Morgan fingerprint density at radius 1 is 1.08 bits per heavy atom. The Kier molecular flexibility index (Phi) is 11.7. The lowest BCUT2D eigenvalue weighted by Crippen LogP contribution is -3.00. The number of halogens is 2. The molecule has 0 amide bonds. The first-order valence-electron chi connectivity index (χ1n) is 8.85. The van der Waals surface area contributed by atoms with Crippen molar-refractivity contribution >= 4 is 0 Å². The zero-order valence-corrected chi connectivity index (χ0v) is 17.4. The highest BCUT2D eigenvalue weighted by Gasteiger charge is 2.19. The van der Waals surface area contributed by atoms with E-state index in [1.165, 1.54) is 11.1 Å². The number of benzene rings is 1. The quantitative estimate of drug-likeness (QED) is 0.524. The summed E-state index contributed by atoms with van der Waals surface area (Å²) in [6.07, 6.45) is -0.441. The number of nitrogens with zero attached hydrogens (tertiary/aromatic N) is 2. The molecule has 1 aromatic rings. The molecule has 1 unspecified atom stereocenters. The van der Waals surface area contributed by atoms with E-state index >= 15 is 0 Å². The minimum Gasteiger partial charge on any atom is -1.00 e. The lowest BCUT2D eigenvalue weighted by molar-refractivity contribution is -0.001000. The summed E-state index contributed by atoms with van der Waals surface area (Å²) >= 11 is 0. The monoisotopic (exact) mass is 390 g/mol. The number of rotatable bonds is 7. The average Bonchev–Trinajstić information content (AvgIpc) is 2.53. The number of aryl methyl sites for hydroxylation is 1. The van der Waals surface area contributed by atoms with Crippen LogP contribution in [-0.2, 0) is 0 Å². The molecule has 1 fully saturated rings. The molecule has 1 aliphatic heterocycles. The number of β-amino-alcohol motifs (C(OH)–C–C–N with tert-alkyl or cyclic N) is 1. The number of aliphatic hydroxyl groups is 1. The molecule has 4 nitrogen and oxygen atoms in total. The van der Waals surface area contributed by atoms with Gasteiger partial charge in [-0.2, -0.15) is 0 Å². The molecule has 1 heterocycles. The highest BCUT2D eigenvalue weighted by molar-refractivity contribution is 5.39. The lowest BCUT2D eigenvalue weighted by Gasteiger charge is -2.35. The lowest BCUT2D eigenvalue weighted by atomic mass is 10.0. The van der Waals surface area contributed by atoms with Crippen molar-refractivity contribution in [3.8, 4) is 5.75 Å². The summed E-state index contributed by atoms with van der Waals surface area (Å²) < 4.78 is 5.94. The molecule has 0 aromatic heterocycles. The zero-order chi connectivity index (χ0) is 16.8. The van der Waals surface area contributed by atoms with Crippen molar-refractivity contribution in [1.82, 2.24) is 9.80 Å². The van der Waals surface area contributed by atoms with Crippen LogP contribution in [0, 0.1) is 6.92 Å². The second kappa shape index (κ2) is 12.0. The van der Waals surface area contributed by atoms with Gasteiger partial charge in [-0.25, -0.2) is 0 Å². The fraction of sp³-hybridized carbons (Fsp3) is 0.684. The van der Waals surface area contributed by atoms with Gasteiger partial charge >= 0.3 is 0 Å². The highest BCUT2D eigenvalue weighted by Crippen LogP contribution is 2.27. The van der Waals surface area contributed by atoms with Crippen molar-refractivity contribution in [2.45, 2.75) is 39.7 Å². The van der Waals surface area contributed by atoms with Crippen LogP contribution in [0.5, 0.6) is 5.75 Å². The minimum atomic E-state index is -0.441. The van der Waals surface area contributed by atoms with Crippen molar-refractivity contribution in [3.63, 3.8) is 0 Å². The van der Waals surface area contributed by atoms with Gasteiger partial charge in [-0.05, 0) is 36.6 Å². The summed E-state index contributed by atoms with van der Waals surface area (Å²) in [7, 11) is 0. The molecule has 0 radical (unpaired) electrons. The van der Waals surface area contributed by atoms with Gasteiger partial charge in [0.15, 0.2) is 0 Å². The van der Waals surface area contributed by atoms with Crippen molar-refractivity contribution in [2.75, 3.05) is 45.9 Å². The SMILES string of the molecule is CCN1CCN(CC(O)COc2cc(C)ccc2C(C)C)CC1.[Cl-].[Cl-]. The van der Waals surface area contributed by atoms with E-state index in [-0.39, 0.29) is 24.8 Å². The fourth-order valence-corrected chi connectivity index (χ4v) is 3.07. The first kappa shape index (κ1) is 24.5. The number of piperazine rings is 1.